The van der Waals surface area contributed by atoms with E-state index in [0.717, 1.165) is 21.1 Å². The average molecular weight is 257 g/mol. The molecular formula is C12H11N5S. The minimum atomic E-state index is 0.707. The van der Waals surface area contributed by atoms with E-state index < -0.39 is 0 Å². The SMILES string of the molecule is Cn1ccnc1Sc1ncnc2ccc(N)cc12. The van der Waals surface area contributed by atoms with Crippen LogP contribution in [0.3, 0.4) is 0 Å². The van der Waals surface area contributed by atoms with Crippen LogP contribution in [0.4, 0.5) is 5.69 Å². The molecule has 0 aliphatic rings. The summed E-state index contributed by atoms with van der Waals surface area (Å²) >= 11 is 1.50. The monoisotopic (exact) mass is 257 g/mol. The molecule has 0 saturated heterocycles. The van der Waals surface area contributed by atoms with Gasteiger partial charge in [-0.3, -0.25) is 0 Å². The van der Waals surface area contributed by atoms with Crippen LogP contribution in [0.5, 0.6) is 0 Å². The zero-order chi connectivity index (χ0) is 12.5. The number of fused-ring (bicyclic) bond motifs is 1. The molecule has 6 heteroatoms. The van der Waals surface area contributed by atoms with Gasteiger partial charge >= 0.3 is 0 Å². The zero-order valence-electron chi connectivity index (χ0n) is 9.74. The molecule has 3 rings (SSSR count). The number of nitrogen functional groups attached to an aromatic ring is 1. The number of anilines is 1. The first kappa shape index (κ1) is 11.0. The summed E-state index contributed by atoms with van der Waals surface area (Å²) in [6, 6.07) is 5.62. The minimum absolute atomic E-state index is 0.707. The maximum atomic E-state index is 5.81. The van der Waals surface area contributed by atoms with Crippen LogP contribution < -0.4 is 5.73 Å². The molecule has 3 aromatic rings. The number of hydrogen-bond acceptors (Lipinski definition) is 5. The zero-order valence-corrected chi connectivity index (χ0v) is 10.6. The minimum Gasteiger partial charge on any atom is -0.399 e. The lowest BCUT2D eigenvalue weighted by Gasteiger charge is -2.05. The van der Waals surface area contributed by atoms with Gasteiger partial charge in [0.25, 0.3) is 0 Å². The fourth-order valence-electron chi connectivity index (χ4n) is 1.67. The van der Waals surface area contributed by atoms with Gasteiger partial charge in [-0.25, -0.2) is 15.0 Å². The van der Waals surface area contributed by atoms with Crippen molar-refractivity contribution in [2.75, 3.05) is 5.73 Å². The number of nitrogens with zero attached hydrogens (tertiary/aromatic N) is 4. The number of aryl methyl sites for hydroxylation is 1. The van der Waals surface area contributed by atoms with E-state index in [1.165, 1.54) is 11.8 Å². The highest BCUT2D eigenvalue weighted by molar-refractivity contribution is 7.99. The van der Waals surface area contributed by atoms with Crippen LogP contribution in [-0.4, -0.2) is 19.5 Å². The van der Waals surface area contributed by atoms with Crippen LogP contribution in [0.15, 0.2) is 47.1 Å². The van der Waals surface area contributed by atoms with Crippen molar-refractivity contribution < 1.29 is 0 Å². The van der Waals surface area contributed by atoms with Crippen LogP contribution >= 0.6 is 11.8 Å². The number of hydrogen-bond donors (Lipinski definition) is 1. The van der Waals surface area contributed by atoms with E-state index >= 15 is 0 Å². The first-order chi connectivity index (χ1) is 8.74. The molecule has 0 atom stereocenters. The summed E-state index contributed by atoms with van der Waals surface area (Å²) in [6.45, 7) is 0. The van der Waals surface area contributed by atoms with Crippen molar-refractivity contribution in [3.63, 3.8) is 0 Å². The summed E-state index contributed by atoms with van der Waals surface area (Å²) < 4.78 is 1.95. The average Bonchev–Trinajstić information content (AvgIpc) is 2.76. The standard InChI is InChI=1S/C12H11N5S/c1-17-5-4-14-12(17)18-11-9-6-8(13)2-3-10(9)15-7-16-11/h2-7H,13H2,1H3. The van der Waals surface area contributed by atoms with Gasteiger partial charge in [0.2, 0.25) is 0 Å². The second-order valence-corrected chi connectivity index (χ2v) is 4.83. The van der Waals surface area contributed by atoms with Gasteiger partial charge in [0, 0.05) is 30.5 Å². The molecule has 0 unspecified atom stereocenters. The van der Waals surface area contributed by atoms with Crippen LogP contribution in [0.2, 0.25) is 0 Å². The van der Waals surface area contributed by atoms with Gasteiger partial charge in [0.1, 0.15) is 11.4 Å². The smallest absolute Gasteiger partial charge is 0.174 e. The second kappa shape index (κ2) is 4.30. The van der Waals surface area contributed by atoms with Gasteiger partial charge in [0.15, 0.2) is 5.16 Å². The van der Waals surface area contributed by atoms with E-state index in [0.29, 0.717) is 5.69 Å². The normalized spacial score (nSPS) is 10.9. The van der Waals surface area contributed by atoms with Gasteiger partial charge < -0.3 is 10.3 Å². The van der Waals surface area contributed by atoms with Crippen LogP contribution in [0.1, 0.15) is 0 Å². The molecule has 0 bridgehead atoms. The second-order valence-electron chi connectivity index (χ2n) is 3.88. The molecule has 2 aromatic heterocycles. The van der Waals surface area contributed by atoms with Crippen LogP contribution in [0, 0.1) is 0 Å². The van der Waals surface area contributed by atoms with Gasteiger partial charge in [-0.05, 0) is 30.0 Å². The van der Waals surface area contributed by atoms with E-state index in [1.807, 2.05) is 36.0 Å². The summed E-state index contributed by atoms with van der Waals surface area (Å²) in [6.07, 6.45) is 5.23. The summed E-state index contributed by atoms with van der Waals surface area (Å²) in [4.78, 5) is 12.8. The van der Waals surface area contributed by atoms with Crippen molar-refractivity contribution in [2.45, 2.75) is 10.2 Å². The molecule has 0 aliphatic heterocycles. The van der Waals surface area contributed by atoms with E-state index in [9.17, 15) is 0 Å². The van der Waals surface area contributed by atoms with E-state index in [1.54, 1.807) is 12.5 Å². The Morgan fingerprint density at radius 3 is 2.89 bits per heavy atom. The highest BCUT2D eigenvalue weighted by Crippen LogP contribution is 2.30. The Kier molecular flexibility index (Phi) is 2.64. The van der Waals surface area contributed by atoms with Crippen molar-refractivity contribution in [3.05, 3.63) is 36.9 Å². The molecule has 5 nitrogen and oxygen atoms in total. The molecule has 18 heavy (non-hydrogen) atoms. The van der Waals surface area contributed by atoms with Crippen molar-refractivity contribution >= 4 is 28.4 Å². The number of nitrogens with two attached hydrogens (primary N) is 1. The third-order valence-electron chi connectivity index (χ3n) is 2.59. The van der Waals surface area contributed by atoms with E-state index in [4.69, 9.17) is 5.73 Å². The topological polar surface area (TPSA) is 69.6 Å². The van der Waals surface area contributed by atoms with Gasteiger partial charge in [-0.15, -0.1) is 0 Å². The summed E-state index contributed by atoms with van der Waals surface area (Å²) in [5.41, 5.74) is 7.40. The Balaban J connectivity index is 2.11. The van der Waals surface area contributed by atoms with Crippen molar-refractivity contribution in [1.82, 2.24) is 19.5 Å². The lowest BCUT2D eigenvalue weighted by atomic mass is 10.2. The van der Waals surface area contributed by atoms with Gasteiger partial charge in [0.05, 0.1) is 5.52 Å². The molecule has 2 heterocycles. The Hall–Kier alpha value is -2.08. The Bertz CT molecular complexity index is 707. The van der Waals surface area contributed by atoms with Gasteiger partial charge in [-0.1, -0.05) is 0 Å². The van der Waals surface area contributed by atoms with Crippen molar-refractivity contribution in [1.29, 1.82) is 0 Å². The molecule has 2 N–H and O–H groups in total. The van der Waals surface area contributed by atoms with Crippen LogP contribution in [0.25, 0.3) is 10.9 Å². The number of imidazole rings is 1. The predicted molar refractivity (Wildman–Crippen MR) is 71.3 cm³/mol. The fourth-order valence-corrected chi connectivity index (χ4v) is 2.53. The highest BCUT2D eigenvalue weighted by atomic mass is 32.2. The summed E-state index contributed by atoms with van der Waals surface area (Å²) in [7, 11) is 1.95. The van der Waals surface area contributed by atoms with E-state index in [-0.39, 0.29) is 0 Å². The number of aromatic nitrogens is 4. The summed E-state index contributed by atoms with van der Waals surface area (Å²) in [5.74, 6) is 0. The first-order valence-electron chi connectivity index (χ1n) is 5.39. The lowest BCUT2D eigenvalue weighted by Crippen LogP contribution is -1.93. The predicted octanol–water partition coefficient (Wildman–Crippen LogP) is 2.10. The Morgan fingerprint density at radius 1 is 1.22 bits per heavy atom. The third kappa shape index (κ3) is 1.91. The molecule has 0 fully saturated rings. The largest absolute Gasteiger partial charge is 0.399 e. The first-order valence-corrected chi connectivity index (χ1v) is 6.21. The number of benzene rings is 1. The third-order valence-corrected chi connectivity index (χ3v) is 3.68. The maximum Gasteiger partial charge on any atom is 0.174 e. The molecule has 0 aliphatic carbocycles. The fraction of sp³-hybridized carbons (Fsp3) is 0.0833. The molecular weight excluding hydrogens is 246 g/mol. The number of rotatable bonds is 2. The quantitative estimate of drug-likeness (QED) is 0.562. The van der Waals surface area contributed by atoms with Crippen LogP contribution in [-0.2, 0) is 7.05 Å². The van der Waals surface area contributed by atoms with Crippen molar-refractivity contribution in [2.24, 2.45) is 7.05 Å². The Morgan fingerprint density at radius 2 is 2.11 bits per heavy atom. The Labute approximate surface area is 108 Å². The summed E-state index contributed by atoms with van der Waals surface area (Å²) in [5, 5.41) is 2.70. The molecule has 0 saturated carbocycles. The lowest BCUT2D eigenvalue weighted by molar-refractivity contribution is 0.789. The molecule has 90 valence electrons. The highest BCUT2D eigenvalue weighted by Gasteiger charge is 2.08. The van der Waals surface area contributed by atoms with Gasteiger partial charge in [-0.2, -0.15) is 0 Å². The molecule has 1 aromatic carbocycles. The van der Waals surface area contributed by atoms with E-state index in [2.05, 4.69) is 15.0 Å². The molecule has 0 amide bonds. The molecule has 0 spiro atoms. The molecule has 0 radical (unpaired) electrons. The van der Waals surface area contributed by atoms with Crippen molar-refractivity contribution in [3.8, 4) is 0 Å². The maximum absolute atomic E-state index is 5.81.